The van der Waals surface area contributed by atoms with E-state index in [-0.39, 0.29) is 11.9 Å². The fourth-order valence-corrected chi connectivity index (χ4v) is 1.32. The van der Waals surface area contributed by atoms with E-state index >= 15 is 0 Å². The van der Waals surface area contributed by atoms with Crippen LogP contribution in [-0.4, -0.2) is 38.3 Å². The summed E-state index contributed by atoms with van der Waals surface area (Å²) in [5, 5.41) is 12.0. The Labute approximate surface area is 92.8 Å². The van der Waals surface area contributed by atoms with Crippen LogP contribution in [0.15, 0.2) is 0 Å². The van der Waals surface area contributed by atoms with Crippen LogP contribution < -0.4 is 5.32 Å². The number of hydrogen-bond donors (Lipinski definition) is 2. The number of carbonyl (C=O) groups is 1. The summed E-state index contributed by atoms with van der Waals surface area (Å²) in [7, 11) is 4.85. The van der Waals surface area contributed by atoms with Gasteiger partial charge in [-0.1, -0.05) is 19.8 Å². The van der Waals surface area contributed by atoms with Crippen LogP contribution in [0, 0.1) is 5.92 Å². The Balaban J connectivity index is 3.84. The van der Waals surface area contributed by atoms with Crippen molar-refractivity contribution in [1.29, 1.82) is 0 Å². The first-order valence-corrected chi connectivity index (χ1v) is 5.41. The summed E-state index contributed by atoms with van der Waals surface area (Å²) in [5.41, 5.74) is 0. The van der Waals surface area contributed by atoms with Gasteiger partial charge in [0.1, 0.15) is 0 Å². The zero-order valence-electron chi connectivity index (χ0n) is 9.53. The van der Waals surface area contributed by atoms with E-state index in [1.54, 1.807) is 6.92 Å². The average Bonchev–Trinajstić information content (AvgIpc) is 2.21. The lowest BCUT2D eigenvalue weighted by molar-refractivity contribution is -0.138. The van der Waals surface area contributed by atoms with Gasteiger partial charge >= 0.3 is 8.05 Å². The highest BCUT2D eigenvalue weighted by atomic mass is 16.5. The van der Waals surface area contributed by atoms with Crippen LogP contribution in [0.2, 0.25) is 0 Å². The van der Waals surface area contributed by atoms with Gasteiger partial charge in [0.2, 0.25) is 0 Å². The maximum Gasteiger partial charge on any atom is 0.378 e. The minimum absolute atomic E-state index is 0.214. The Hall–Kier alpha value is -0.545. The second kappa shape index (κ2) is 8.74. The van der Waals surface area contributed by atoms with Crippen LogP contribution in [-0.2, 0) is 9.45 Å². The number of rotatable bonds is 8. The predicted octanol–water partition coefficient (Wildman–Crippen LogP) is 0.390. The molecule has 0 fully saturated rings. The van der Waals surface area contributed by atoms with Gasteiger partial charge in [0.15, 0.2) is 0 Å². The van der Waals surface area contributed by atoms with Crippen LogP contribution in [0.5, 0.6) is 0 Å². The van der Waals surface area contributed by atoms with E-state index in [0.29, 0.717) is 13.1 Å². The molecule has 5 heteroatoms. The zero-order valence-corrected chi connectivity index (χ0v) is 9.53. The normalized spacial score (nSPS) is 14.6. The van der Waals surface area contributed by atoms with Gasteiger partial charge < -0.3 is 15.1 Å². The number of unbranched alkanes of at least 4 members (excludes halogenated alkanes) is 1. The van der Waals surface area contributed by atoms with Gasteiger partial charge in [-0.2, -0.15) is 0 Å². The molecule has 0 aromatic rings. The number of nitrogens with one attached hydrogen (secondary N) is 1. The van der Waals surface area contributed by atoms with Crippen LogP contribution in [0.1, 0.15) is 33.1 Å². The standard InChI is InChI=1S/C10H20BNO3/c1-3-4-5-9(10(14)15-11)7-12-6-8(2)13/h8-9,12-13H,3-7H2,1-2H3/t8-,9?/m1/s1. The van der Waals surface area contributed by atoms with E-state index in [4.69, 9.17) is 13.2 Å². The molecule has 2 atom stereocenters. The average molecular weight is 213 g/mol. The molecule has 0 spiro atoms. The lowest BCUT2D eigenvalue weighted by atomic mass is 10.0. The Bertz CT molecular complexity index is 176. The third kappa shape index (κ3) is 7.39. The Morgan fingerprint density at radius 1 is 1.53 bits per heavy atom. The first-order valence-electron chi connectivity index (χ1n) is 5.41. The van der Waals surface area contributed by atoms with E-state index in [2.05, 4.69) is 16.9 Å². The summed E-state index contributed by atoms with van der Waals surface area (Å²) < 4.78 is 4.23. The van der Waals surface area contributed by atoms with Crippen LogP contribution in [0.25, 0.3) is 0 Å². The highest BCUT2D eigenvalue weighted by Gasteiger charge is 2.17. The SMILES string of the molecule is [B]OC(=O)C(CCCC)CNC[C@@H](C)O. The maximum atomic E-state index is 11.2. The molecule has 2 radical (unpaired) electrons. The molecule has 0 aromatic heterocycles. The van der Waals surface area contributed by atoms with Gasteiger partial charge in [0.25, 0.3) is 5.97 Å². The van der Waals surface area contributed by atoms with Crippen molar-refractivity contribution >= 4 is 14.0 Å². The molecule has 0 aliphatic carbocycles. The maximum absolute atomic E-state index is 11.2. The lowest BCUT2D eigenvalue weighted by Gasteiger charge is -2.16. The van der Waals surface area contributed by atoms with E-state index in [0.717, 1.165) is 19.3 Å². The van der Waals surface area contributed by atoms with Gasteiger partial charge in [0.05, 0.1) is 12.0 Å². The van der Waals surface area contributed by atoms with E-state index < -0.39 is 6.10 Å². The molecule has 0 aliphatic heterocycles. The second-order valence-corrected chi connectivity index (χ2v) is 3.78. The van der Waals surface area contributed by atoms with Crippen molar-refractivity contribution in [2.24, 2.45) is 5.92 Å². The monoisotopic (exact) mass is 213 g/mol. The van der Waals surface area contributed by atoms with Crippen molar-refractivity contribution in [1.82, 2.24) is 5.32 Å². The minimum atomic E-state index is -0.411. The van der Waals surface area contributed by atoms with Crippen LogP contribution >= 0.6 is 0 Å². The summed E-state index contributed by atoms with van der Waals surface area (Å²) in [4.78, 5) is 11.2. The van der Waals surface area contributed by atoms with Crippen molar-refractivity contribution in [3.8, 4) is 0 Å². The van der Waals surface area contributed by atoms with Gasteiger partial charge in [-0.15, -0.1) is 0 Å². The van der Waals surface area contributed by atoms with Crippen molar-refractivity contribution in [3.05, 3.63) is 0 Å². The van der Waals surface area contributed by atoms with Gasteiger partial charge in [-0.3, -0.25) is 4.79 Å². The molecule has 0 bridgehead atoms. The van der Waals surface area contributed by atoms with Gasteiger partial charge in [-0.05, 0) is 13.3 Å². The molecule has 86 valence electrons. The van der Waals surface area contributed by atoms with Crippen molar-refractivity contribution in [3.63, 3.8) is 0 Å². The first-order chi connectivity index (χ1) is 7.11. The largest absolute Gasteiger partial charge is 0.543 e. The molecule has 0 aliphatic rings. The predicted molar refractivity (Wildman–Crippen MR) is 59.4 cm³/mol. The van der Waals surface area contributed by atoms with Crippen LogP contribution in [0.4, 0.5) is 0 Å². The van der Waals surface area contributed by atoms with E-state index in [1.165, 1.54) is 0 Å². The fourth-order valence-electron chi connectivity index (χ4n) is 1.32. The summed E-state index contributed by atoms with van der Waals surface area (Å²) in [6, 6.07) is 0. The quantitative estimate of drug-likeness (QED) is 0.572. The Kier molecular flexibility index (Phi) is 8.42. The third-order valence-corrected chi connectivity index (χ3v) is 2.19. The van der Waals surface area contributed by atoms with Gasteiger partial charge in [0, 0.05) is 13.1 Å². The van der Waals surface area contributed by atoms with Crippen molar-refractivity contribution < 1.29 is 14.6 Å². The summed E-state index contributed by atoms with van der Waals surface area (Å²) in [6.07, 6.45) is 2.35. The van der Waals surface area contributed by atoms with Crippen molar-refractivity contribution in [2.75, 3.05) is 13.1 Å². The molecule has 0 saturated heterocycles. The summed E-state index contributed by atoms with van der Waals surface area (Å²) in [5.74, 6) is -0.602. The molecule has 2 N–H and O–H groups in total. The molecule has 0 rings (SSSR count). The van der Waals surface area contributed by atoms with Gasteiger partial charge in [-0.25, -0.2) is 0 Å². The molecule has 15 heavy (non-hydrogen) atoms. The molecule has 1 unspecified atom stereocenters. The zero-order chi connectivity index (χ0) is 11.7. The number of carbonyl (C=O) groups excluding carboxylic acids is 1. The smallest absolute Gasteiger partial charge is 0.378 e. The second-order valence-electron chi connectivity index (χ2n) is 3.78. The summed E-state index contributed by atoms with van der Waals surface area (Å²) >= 11 is 0. The Morgan fingerprint density at radius 2 is 2.20 bits per heavy atom. The van der Waals surface area contributed by atoms with Crippen LogP contribution in [0.3, 0.4) is 0 Å². The number of aliphatic hydroxyl groups excluding tert-OH is 1. The van der Waals surface area contributed by atoms with E-state index in [9.17, 15) is 4.79 Å². The highest BCUT2D eigenvalue weighted by molar-refractivity contribution is 6.05. The van der Waals surface area contributed by atoms with Crippen molar-refractivity contribution in [2.45, 2.75) is 39.2 Å². The highest BCUT2D eigenvalue weighted by Crippen LogP contribution is 2.09. The molecule has 0 amide bonds. The minimum Gasteiger partial charge on any atom is -0.543 e. The fraction of sp³-hybridized carbons (Fsp3) is 0.900. The Morgan fingerprint density at radius 3 is 2.67 bits per heavy atom. The molecular formula is C10H20BNO3. The lowest BCUT2D eigenvalue weighted by Crippen LogP contribution is -2.33. The summed E-state index contributed by atoms with van der Waals surface area (Å²) in [6.45, 7) is 4.73. The third-order valence-electron chi connectivity index (χ3n) is 2.19. The molecule has 4 nitrogen and oxygen atoms in total. The number of hydrogen-bond acceptors (Lipinski definition) is 4. The topological polar surface area (TPSA) is 58.6 Å². The first kappa shape index (κ1) is 14.5. The molecule has 0 aromatic carbocycles. The molecular weight excluding hydrogens is 193 g/mol. The molecule has 0 heterocycles. The van der Waals surface area contributed by atoms with E-state index in [1.807, 2.05) is 0 Å². The number of aliphatic hydroxyl groups is 1. The molecule has 0 saturated carbocycles.